The predicted molar refractivity (Wildman–Crippen MR) is 103 cm³/mol. The number of nitrogens with one attached hydrogen (secondary N) is 2. The standard InChI is InChI=1S/C21H27F5N2O3/c1-11(19(23)24)27-14-3-5-15(6-4-14)28-20(29)12-8-16(9-12)30-18-10-13(22)2-7-17(18)31-21(25)26/h2,7,10-12,14-16,19,21,27H,3-6,8-9H2,1H3,(H,28,29)/t11?,12-,14-,15-,16-. The Balaban J connectivity index is 1.40. The SMILES string of the molecule is CC(N[C@H]1CC[C@H](NC(=O)[C@H]2C[C@H](Oc3cc(F)ccc3OC(F)F)C2)CC1)C(F)F. The highest BCUT2D eigenvalue weighted by Crippen LogP contribution is 2.36. The van der Waals surface area contributed by atoms with E-state index in [-0.39, 0.29) is 35.4 Å². The molecule has 1 aromatic rings. The van der Waals surface area contributed by atoms with Crippen LogP contribution in [0.4, 0.5) is 22.0 Å². The van der Waals surface area contributed by atoms with Crippen molar-refractivity contribution in [2.75, 3.05) is 0 Å². The van der Waals surface area contributed by atoms with Crippen LogP contribution in [0.5, 0.6) is 11.5 Å². The highest BCUT2D eigenvalue weighted by atomic mass is 19.3. The lowest BCUT2D eigenvalue weighted by atomic mass is 9.81. The van der Waals surface area contributed by atoms with Gasteiger partial charge in [-0.05, 0) is 57.6 Å². The van der Waals surface area contributed by atoms with Gasteiger partial charge in [-0.1, -0.05) is 0 Å². The van der Waals surface area contributed by atoms with E-state index in [9.17, 15) is 26.7 Å². The minimum Gasteiger partial charge on any atom is -0.486 e. The van der Waals surface area contributed by atoms with Gasteiger partial charge in [0.2, 0.25) is 5.91 Å². The summed E-state index contributed by atoms with van der Waals surface area (Å²) in [6.45, 7) is -1.60. The molecule has 2 fully saturated rings. The van der Waals surface area contributed by atoms with E-state index in [0.717, 1.165) is 18.2 Å². The van der Waals surface area contributed by atoms with Crippen LogP contribution in [-0.2, 0) is 4.79 Å². The van der Waals surface area contributed by atoms with E-state index in [1.54, 1.807) is 0 Å². The number of amides is 1. The highest BCUT2D eigenvalue weighted by Gasteiger charge is 2.38. The smallest absolute Gasteiger partial charge is 0.387 e. The molecule has 31 heavy (non-hydrogen) atoms. The lowest BCUT2D eigenvalue weighted by molar-refractivity contribution is -0.131. The maximum absolute atomic E-state index is 13.4. The number of benzene rings is 1. The molecule has 3 rings (SSSR count). The van der Waals surface area contributed by atoms with Gasteiger partial charge in [0.25, 0.3) is 6.43 Å². The van der Waals surface area contributed by atoms with Crippen LogP contribution in [0, 0.1) is 11.7 Å². The molecule has 0 bridgehead atoms. The van der Waals surface area contributed by atoms with Crippen LogP contribution < -0.4 is 20.1 Å². The van der Waals surface area contributed by atoms with Crippen LogP contribution in [0.1, 0.15) is 45.4 Å². The Morgan fingerprint density at radius 3 is 2.29 bits per heavy atom. The van der Waals surface area contributed by atoms with Crippen LogP contribution in [0.2, 0.25) is 0 Å². The lowest BCUT2D eigenvalue weighted by Gasteiger charge is -2.37. The molecule has 1 atom stereocenters. The number of carbonyl (C=O) groups is 1. The molecule has 1 amide bonds. The Labute approximate surface area is 177 Å². The summed E-state index contributed by atoms with van der Waals surface area (Å²) in [6.07, 6.45) is 0.826. The average Bonchev–Trinajstić information content (AvgIpc) is 2.67. The van der Waals surface area contributed by atoms with Crippen molar-refractivity contribution in [3.63, 3.8) is 0 Å². The fourth-order valence-electron chi connectivity index (χ4n) is 3.99. The van der Waals surface area contributed by atoms with Gasteiger partial charge in [0, 0.05) is 24.1 Å². The van der Waals surface area contributed by atoms with Gasteiger partial charge >= 0.3 is 6.61 Å². The van der Waals surface area contributed by atoms with Crippen molar-refractivity contribution < 1.29 is 36.2 Å². The molecule has 0 aliphatic heterocycles. The first kappa shape index (κ1) is 23.6. The number of ether oxygens (including phenoxy) is 2. The van der Waals surface area contributed by atoms with Gasteiger partial charge in [-0.25, -0.2) is 13.2 Å². The molecule has 0 spiro atoms. The van der Waals surface area contributed by atoms with Gasteiger partial charge in [-0.15, -0.1) is 0 Å². The van der Waals surface area contributed by atoms with Crippen LogP contribution in [0.3, 0.4) is 0 Å². The van der Waals surface area contributed by atoms with E-state index in [2.05, 4.69) is 15.4 Å². The van der Waals surface area contributed by atoms with Gasteiger partial charge in [-0.3, -0.25) is 4.79 Å². The van der Waals surface area contributed by atoms with Crippen molar-refractivity contribution in [3.8, 4) is 11.5 Å². The molecule has 5 nitrogen and oxygen atoms in total. The minimum absolute atomic E-state index is 0.00152. The minimum atomic E-state index is -3.06. The normalized spacial score (nSPS) is 27.0. The molecule has 0 radical (unpaired) electrons. The molecule has 174 valence electrons. The molecule has 0 heterocycles. The summed E-state index contributed by atoms with van der Waals surface area (Å²) >= 11 is 0. The second-order valence-electron chi connectivity index (χ2n) is 8.22. The number of hydrogen-bond acceptors (Lipinski definition) is 4. The number of alkyl halides is 4. The second kappa shape index (κ2) is 10.5. The third-order valence-electron chi connectivity index (χ3n) is 5.83. The molecule has 2 aliphatic rings. The Hall–Kier alpha value is -2.10. The lowest BCUT2D eigenvalue weighted by Crippen LogP contribution is -2.49. The van der Waals surface area contributed by atoms with Gasteiger partial charge in [0.1, 0.15) is 11.9 Å². The third-order valence-corrected chi connectivity index (χ3v) is 5.83. The first-order valence-corrected chi connectivity index (χ1v) is 10.5. The van der Waals surface area contributed by atoms with E-state index in [1.165, 1.54) is 6.92 Å². The summed E-state index contributed by atoms with van der Waals surface area (Å²) in [5, 5.41) is 5.92. The molecular formula is C21H27F5N2O3. The number of halogens is 5. The van der Waals surface area contributed by atoms with Crippen molar-refractivity contribution in [2.24, 2.45) is 5.92 Å². The Bertz CT molecular complexity index is 738. The summed E-state index contributed by atoms with van der Waals surface area (Å²) in [4.78, 5) is 12.4. The van der Waals surface area contributed by atoms with Crippen molar-refractivity contribution in [1.82, 2.24) is 10.6 Å². The first-order chi connectivity index (χ1) is 14.7. The van der Waals surface area contributed by atoms with Crippen LogP contribution in [0.15, 0.2) is 18.2 Å². The maximum atomic E-state index is 13.4. The molecule has 2 saturated carbocycles. The summed E-state index contributed by atoms with van der Waals surface area (Å²) in [6, 6.07) is 2.23. The number of hydrogen-bond donors (Lipinski definition) is 2. The summed E-state index contributed by atoms with van der Waals surface area (Å²) in [7, 11) is 0. The molecule has 1 unspecified atom stereocenters. The van der Waals surface area contributed by atoms with E-state index in [4.69, 9.17) is 4.74 Å². The van der Waals surface area contributed by atoms with Crippen molar-refractivity contribution >= 4 is 5.91 Å². The first-order valence-electron chi connectivity index (χ1n) is 10.5. The maximum Gasteiger partial charge on any atom is 0.387 e. The average molecular weight is 450 g/mol. The Morgan fingerprint density at radius 1 is 1.03 bits per heavy atom. The van der Waals surface area contributed by atoms with Gasteiger partial charge in [0.15, 0.2) is 11.5 Å². The number of carbonyl (C=O) groups excluding carboxylic acids is 1. The summed E-state index contributed by atoms with van der Waals surface area (Å²) < 4.78 is 73.6. The predicted octanol–water partition coefficient (Wildman–Crippen LogP) is 4.26. The summed E-state index contributed by atoms with van der Waals surface area (Å²) in [5.41, 5.74) is 0. The quantitative estimate of drug-likeness (QED) is 0.552. The molecule has 1 aromatic carbocycles. The van der Waals surface area contributed by atoms with E-state index in [1.807, 2.05) is 0 Å². The van der Waals surface area contributed by atoms with Crippen molar-refractivity contribution in [3.05, 3.63) is 24.0 Å². The zero-order valence-corrected chi connectivity index (χ0v) is 17.1. The van der Waals surface area contributed by atoms with E-state index in [0.29, 0.717) is 38.5 Å². The molecule has 0 saturated heterocycles. The topological polar surface area (TPSA) is 59.6 Å². The largest absolute Gasteiger partial charge is 0.486 e. The fraction of sp³-hybridized carbons (Fsp3) is 0.667. The van der Waals surface area contributed by atoms with Crippen LogP contribution >= 0.6 is 0 Å². The molecule has 2 N–H and O–H groups in total. The monoisotopic (exact) mass is 450 g/mol. The summed E-state index contributed by atoms with van der Waals surface area (Å²) in [5.74, 6) is -1.39. The second-order valence-corrected chi connectivity index (χ2v) is 8.22. The van der Waals surface area contributed by atoms with E-state index < -0.39 is 31.0 Å². The van der Waals surface area contributed by atoms with Crippen molar-refractivity contribution in [1.29, 1.82) is 0 Å². The van der Waals surface area contributed by atoms with Crippen molar-refractivity contribution in [2.45, 2.75) is 82.7 Å². The Morgan fingerprint density at radius 2 is 1.68 bits per heavy atom. The van der Waals surface area contributed by atoms with Gasteiger partial charge in [0.05, 0.1) is 6.04 Å². The molecule has 0 aromatic heterocycles. The fourth-order valence-corrected chi connectivity index (χ4v) is 3.99. The number of rotatable bonds is 9. The third kappa shape index (κ3) is 6.69. The Kier molecular flexibility index (Phi) is 7.96. The van der Waals surface area contributed by atoms with Gasteiger partial charge in [-0.2, -0.15) is 8.78 Å². The highest BCUT2D eigenvalue weighted by molar-refractivity contribution is 5.80. The molecular weight excluding hydrogens is 423 g/mol. The van der Waals surface area contributed by atoms with Crippen LogP contribution in [0.25, 0.3) is 0 Å². The molecule has 2 aliphatic carbocycles. The zero-order valence-electron chi connectivity index (χ0n) is 17.1. The van der Waals surface area contributed by atoms with E-state index >= 15 is 0 Å². The van der Waals surface area contributed by atoms with Crippen LogP contribution in [-0.4, -0.2) is 43.2 Å². The molecule has 10 heteroatoms. The zero-order chi connectivity index (χ0) is 22.5. The van der Waals surface area contributed by atoms with Gasteiger partial charge < -0.3 is 20.1 Å².